The van der Waals surface area contributed by atoms with E-state index in [4.69, 9.17) is 16.7 Å². The number of halogens is 1. The van der Waals surface area contributed by atoms with Gasteiger partial charge < -0.3 is 5.11 Å². The standard InChI is InChI=1S/C15H15ClN2O2/c1-18-14(8-13(17-18)15(19)20)10-6-9-4-2-3-5-11(9)12(16)7-10/h6-8H,2-5H2,1H3,(H,19,20). The number of aromatic nitrogens is 2. The van der Waals surface area contributed by atoms with Gasteiger partial charge in [0, 0.05) is 17.6 Å². The molecule has 1 heterocycles. The zero-order chi connectivity index (χ0) is 14.3. The molecule has 20 heavy (non-hydrogen) atoms. The van der Waals surface area contributed by atoms with Crippen LogP contribution in [0.15, 0.2) is 18.2 Å². The summed E-state index contributed by atoms with van der Waals surface area (Å²) >= 11 is 6.37. The highest BCUT2D eigenvalue weighted by Gasteiger charge is 2.17. The Morgan fingerprint density at radius 2 is 2.05 bits per heavy atom. The Hall–Kier alpha value is -1.81. The monoisotopic (exact) mass is 290 g/mol. The van der Waals surface area contributed by atoms with Crippen LogP contribution >= 0.6 is 11.6 Å². The highest BCUT2D eigenvalue weighted by Crippen LogP contribution is 2.33. The number of carboxylic acid groups (broad SMARTS) is 1. The number of fused-ring (bicyclic) bond motifs is 1. The van der Waals surface area contributed by atoms with Crippen LogP contribution < -0.4 is 0 Å². The first-order valence-corrected chi connectivity index (χ1v) is 7.03. The summed E-state index contributed by atoms with van der Waals surface area (Å²) in [6.07, 6.45) is 4.42. The Morgan fingerprint density at radius 3 is 2.75 bits per heavy atom. The largest absolute Gasteiger partial charge is 0.476 e. The number of carboxylic acids is 1. The van der Waals surface area contributed by atoms with E-state index >= 15 is 0 Å². The molecule has 4 nitrogen and oxygen atoms in total. The second-order valence-corrected chi connectivity index (χ2v) is 5.55. The van der Waals surface area contributed by atoms with Crippen molar-refractivity contribution in [1.82, 2.24) is 9.78 Å². The second kappa shape index (κ2) is 4.94. The third-order valence-corrected chi connectivity index (χ3v) is 4.14. The number of aromatic carboxylic acids is 1. The number of benzene rings is 1. The lowest BCUT2D eigenvalue weighted by Gasteiger charge is -2.18. The van der Waals surface area contributed by atoms with Crippen molar-refractivity contribution in [3.63, 3.8) is 0 Å². The summed E-state index contributed by atoms with van der Waals surface area (Å²) < 4.78 is 1.59. The van der Waals surface area contributed by atoms with Crippen LogP contribution in [0.2, 0.25) is 5.02 Å². The average Bonchev–Trinajstić information content (AvgIpc) is 2.81. The molecule has 2 aromatic rings. The van der Waals surface area contributed by atoms with Crippen LogP contribution in [0.1, 0.15) is 34.5 Å². The maximum absolute atomic E-state index is 11.0. The minimum Gasteiger partial charge on any atom is -0.476 e. The van der Waals surface area contributed by atoms with Crippen molar-refractivity contribution in [1.29, 1.82) is 0 Å². The first-order valence-electron chi connectivity index (χ1n) is 6.65. The van der Waals surface area contributed by atoms with Gasteiger partial charge in [-0.15, -0.1) is 0 Å². The maximum atomic E-state index is 11.0. The Labute approximate surface area is 122 Å². The first-order chi connectivity index (χ1) is 9.56. The van der Waals surface area contributed by atoms with E-state index < -0.39 is 5.97 Å². The number of hydrogen-bond acceptors (Lipinski definition) is 2. The summed E-state index contributed by atoms with van der Waals surface area (Å²) in [5.41, 5.74) is 4.27. The third kappa shape index (κ3) is 2.20. The van der Waals surface area contributed by atoms with Gasteiger partial charge in [-0.2, -0.15) is 5.10 Å². The van der Waals surface area contributed by atoms with E-state index in [0.717, 1.165) is 29.1 Å². The van der Waals surface area contributed by atoms with Crippen LogP contribution in [0.25, 0.3) is 11.3 Å². The maximum Gasteiger partial charge on any atom is 0.356 e. The lowest BCUT2D eigenvalue weighted by Crippen LogP contribution is -2.04. The molecule has 0 saturated heterocycles. The molecule has 1 aliphatic carbocycles. The van der Waals surface area contributed by atoms with Gasteiger partial charge in [0.2, 0.25) is 0 Å². The molecule has 0 aliphatic heterocycles. The molecule has 0 bridgehead atoms. The zero-order valence-corrected chi connectivity index (χ0v) is 11.9. The molecule has 104 valence electrons. The zero-order valence-electron chi connectivity index (χ0n) is 11.2. The van der Waals surface area contributed by atoms with E-state index in [1.165, 1.54) is 24.0 Å². The fraction of sp³-hybridized carbons (Fsp3) is 0.333. The van der Waals surface area contributed by atoms with E-state index in [2.05, 4.69) is 11.2 Å². The third-order valence-electron chi connectivity index (χ3n) is 3.81. The molecule has 0 amide bonds. The van der Waals surface area contributed by atoms with Gasteiger partial charge in [-0.05, 0) is 55.0 Å². The van der Waals surface area contributed by atoms with Crippen molar-refractivity contribution in [2.45, 2.75) is 25.7 Å². The second-order valence-electron chi connectivity index (χ2n) is 5.15. The van der Waals surface area contributed by atoms with Crippen LogP contribution in [-0.2, 0) is 19.9 Å². The number of aryl methyl sites for hydroxylation is 2. The molecule has 0 radical (unpaired) electrons. The molecular weight excluding hydrogens is 276 g/mol. The molecule has 1 aliphatic rings. The average molecular weight is 291 g/mol. The summed E-state index contributed by atoms with van der Waals surface area (Å²) in [7, 11) is 1.75. The van der Waals surface area contributed by atoms with Gasteiger partial charge in [-0.1, -0.05) is 11.6 Å². The van der Waals surface area contributed by atoms with Crippen LogP contribution in [0.4, 0.5) is 0 Å². The van der Waals surface area contributed by atoms with Crippen molar-refractivity contribution in [2.75, 3.05) is 0 Å². The highest BCUT2D eigenvalue weighted by atomic mass is 35.5. The molecule has 0 atom stereocenters. The van der Waals surface area contributed by atoms with Gasteiger partial charge in [0.25, 0.3) is 0 Å². The summed E-state index contributed by atoms with van der Waals surface area (Å²) in [4.78, 5) is 11.0. The van der Waals surface area contributed by atoms with Crippen LogP contribution in [0.3, 0.4) is 0 Å². The van der Waals surface area contributed by atoms with Crippen LogP contribution in [0.5, 0.6) is 0 Å². The van der Waals surface area contributed by atoms with Gasteiger partial charge in [-0.3, -0.25) is 4.68 Å². The predicted molar refractivity (Wildman–Crippen MR) is 77.3 cm³/mol. The summed E-state index contributed by atoms with van der Waals surface area (Å²) in [5.74, 6) is -1.02. The SMILES string of the molecule is Cn1nc(C(=O)O)cc1-c1cc(Cl)c2c(c1)CCCC2. The fourth-order valence-corrected chi connectivity index (χ4v) is 3.14. The van der Waals surface area contributed by atoms with Gasteiger partial charge in [0.1, 0.15) is 0 Å². The lowest BCUT2D eigenvalue weighted by molar-refractivity contribution is 0.0689. The number of hydrogen-bond donors (Lipinski definition) is 1. The van der Waals surface area contributed by atoms with Gasteiger partial charge >= 0.3 is 5.97 Å². The van der Waals surface area contributed by atoms with Crippen molar-refractivity contribution in [3.8, 4) is 11.3 Å². The number of carbonyl (C=O) groups is 1. The lowest BCUT2D eigenvalue weighted by atomic mass is 9.90. The molecule has 0 unspecified atom stereocenters. The van der Waals surface area contributed by atoms with Gasteiger partial charge in [-0.25, -0.2) is 4.79 Å². The Bertz CT molecular complexity index is 691. The van der Waals surface area contributed by atoms with Crippen molar-refractivity contribution < 1.29 is 9.90 Å². The number of rotatable bonds is 2. The van der Waals surface area contributed by atoms with Crippen molar-refractivity contribution in [3.05, 3.63) is 40.0 Å². The smallest absolute Gasteiger partial charge is 0.356 e. The van der Waals surface area contributed by atoms with Gasteiger partial charge in [0.05, 0.1) is 5.69 Å². The minimum atomic E-state index is -1.02. The Balaban J connectivity index is 2.10. The summed E-state index contributed by atoms with van der Waals surface area (Å²) in [6, 6.07) is 5.61. The van der Waals surface area contributed by atoms with E-state index in [1.807, 2.05) is 6.07 Å². The first kappa shape index (κ1) is 13.2. The molecule has 1 aromatic heterocycles. The summed E-state index contributed by atoms with van der Waals surface area (Å²) in [5, 5.41) is 13.8. The summed E-state index contributed by atoms with van der Waals surface area (Å²) in [6.45, 7) is 0. The molecule has 0 saturated carbocycles. The Kier molecular flexibility index (Phi) is 3.26. The molecule has 3 rings (SSSR count). The van der Waals surface area contributed by atoms with Crippen molar-refractivity contribution >= 4 is 17.6 Å². The van der Waals surface area contributed by atoms with Crippen LogP contribution in [-0.4, -0.2) is 20.9 Å². The Morgan fingerprint density at radius 1 is 1.30 bits per heavy atom. The molecular formula is C15H15ClN2O2. The van der Waals surface area contributed by atoms with E-state index in [1.54, 1.807) is 17.8 Å². The van der Waals surface area contributed by atoms with E-state index in [9.17, 15) is 4.79 Å². The molecule has 0 fully saturated rings. The molecule has 5 heteroatoms. The quantitative estimate of drug-likeness (QED) is 0.923. The fourth-order valence-electron chi connectivity index (χ4n) is 2.80. The highest BCUT2D eigenvalue weighted by molar-refractivity contribution is 6.31. The number of nitrogens with zero attached hydrogens (tertiary/aromatic N) is 2. The predicted octanol–water partition coefficient (Wildman–Crippen LogP) is 3.32. The van der Waals surface area contributed by atoms with E-state index in [0.29, 0.717) is 0 Å². The van der Waals surface area contributed by atoms with Crippen LogP contribution in [0, 0.1) is 0 Å². The van der Waals surface area contributed by atoms with Crippen molar-refractivity contribution in [2.24, 2.45) is 7.05 Å². The minimum absolute atomic E-state index is 0.0522. The molecule has 1 aromatic carbocycles. The molecule has 1 N–H and O–H groups in total. The van der Waals surface area contributed by atoms with E-state index in [-0.39, 0.29) is 5.69 Å². The van der Waals surface area contributed by atoms with Gasteiger partial charge in [0.15, 0.2) is 5.69 Å². The molecule has 0 spiro atoms. The normalized spacial score (nSPS) is 14.1. The topological polar surface area (TPSA) is 55.1 Å².